The van der Waals surface area contributed by atoms with Gasteiger partial charge in [0.15, 0.2) is 14.4 Å². The van der Waals surface area contributed by atoms with E-state index in [0.29, 0.717) is 15.6 Å². The summed E-state index contributed by atoms with van der Waals surface area (Å²) in [6, 6.07) is 7.33. The molecule has 0 saturated carbocycles. The van der Waals surface area contributed by atoms with Crippen molar-refractivity contribution < 1.29 is 4.43 Å². The summed E-state index contributed by atoms with van der Waals surface area (Å²) in [5, 5.41) is 9.94. The van der Waals surface area contributed by atoms with E-state index < -0.39 is 14.4 Å². The SMILES string of the molecule is C[Si](C)(C)O[C@H](C#N)c1cccc(Cl)c1Cl. The zero-order valence-electron chi connectivity index (χ0n) is 9.42. The third-order valence-corrected chi connectivity index (χ3v) is 3.63. The Hall–Kier alpha value is -0.533. The summed E-state index contributed by atoms with van der Waals surface area (Å²) in [5.74, 6) is 0. The van der Waals surface area contributed by atoms with Crippen molar-refractivity contribution in [2.24, 2.45) is 0 Å². The molecule has 0 bridgehead atoms. The van der Waals surface area contributed by atoms with Crippen LogP contribution < -0.4 is 0 Å². The second kappa shape index (κ2) is 5.20. The predicted molar refractivity (Wildman–Crippen MR) is 69.2 cm³/mol. The summed E-state index contributed by atoms with van der Waals surface area (Å²) in [7, 11) is -1.79. The minimum Gasteiger partial charge on any atom is -0.399 e. The maximum atomic E-state index is 9.10. The minimum absolute atomic E-state index is 0.397. The lowest BCUT2D eigenvalue weighted by Gasteiger charge is -2.22. The third-order valence-electron chi connectivity index (χ3n) is 1.85. The summed E-state index contributed by atoms with van der Waals surface area (Å²) >= 11 is 11.9. The third kappa shape index (κ3) is 3.50. The molecule has 0 aliphatic heterocycles. The number of benzene rings is 1. The van der Waals surface area contributed by atoms with Gasteiger partial charge in [0.1, 0.15) is 0 Å². The van der Waals surface area contributed by atoms with Crippen molar-refractivity contribution in [2.45, 2.75) is 25.7 Å². The monoisotopic (exact) mass is 273 g/mol. The molecule has 2 nitrogen and oxygen atoms in total. The number of nitriles is 1. The average Bonchev–Trinajstić information content (AvgIpc) is 2.18. The molecule has 0 aliphatic rings. The molecule has 86 valence electrons. The molecule has 0 aromatic heterocycles. The lowest BCUT2D eigenvalue weighted by Crippen LogP contribution is -2.27. The topological polar surface area (TPSA) is 33.0 Å². The summed E-state index contributed by atoms with van der Waals surface area (Å²) in [4.78, 5) is 0. The highest BCUT2D eigenvalue weighted by atomic mass is 35.5. The van der Waals surface area contributed by atoms with Crippen LogP contribution in [0.2, 0.25) is 29.7 Å². The molecular weight excluding hydrogens is 261 g/mol. The van der Waals surface area contributed by atoms with Crippen LogP contribution in [0, 0.1) is 11.3 Å². The van der Waals surface area contributed by atoms with Crippen molar-refractivity contribution in [3.63, 3.8) is 0 Å². The van der Waals surface area contributed by atoms with Gasteiger partial charge >= 0.3 is 0 Å². The highest BCUT2D eigenvalue weighted by molar-refractivity contribution is 6.69. The standard InChI is InChI=1S/C11H13Cl2NOSi/c1-16(2,3)15-10(7-14)8-5-4-6-9(12)11(8)13/h4-6,10H,1-3H3/t10-/m1/s1. The van der Waals surface area contributed by atoms with Crippen molar-refractivity contribution in [1.29, 1.82) is 5.26 Å². The van der Waals surface area contributed by atoms with E-state index in [1.165, 1.54) is 0 Å². The van der Waals surface area contributed by atoms with E-state index in [9.17, 15) is 0 Å². The lowest BCUT2D eigenvalue weighted by molar-refractivity contribution is 0.255. The number of rotatable bonds is 3. The minimum atomic E-state index is -1.79. The number of hydrogen-bond donors (Lipinski definition) is 0. The van der Waals surface area contributed by atoms with E-state index in [4.69, 9.17) is 32.9 Å². The van der Waals surface area contributed by atoms with Crippen molar-refractivity contribution >= 4 is 31.5 Å². The Bertz CT molecular complexity index is 423. The van der Waals surface area contributed by atoms with Gasteiger partial charge in [-0.05, 0) is 25.7 Å². The zero-order valence-corrected chi connectivity index (χ0v) is 11.9. The highest BCUT2D eigenvalue weighted by Gasteiger charge is 2.24. The van der Waals surface area contributed by atoms with Crippen LogP contribution in [0.1, 0.15) is 11.7 Å². The second-order valence-electron chi connectivity index (χ2n) is 4.38. The van der Waals surface area contributed by atoms with Gasteiger partial charge in [-0.3, -0.25) is 0 Å². The molecule has 1 aromatic rings. The average molecular weight is 274 g/mol. The van der Waals surface area contributed by atoms with Gasteiger partial charge in [0.05, 0.1) is 16.1 Å². The first kappa shape index (κ1) is 13.5. The van der Waals surface area contributed by atoms with E-state index in [2.05, 4.69) is 6.07 Å². The molecule has 0 N–H and O–H groups in total. The summed E-state index contributed by atoms with van der Waals surface area (Å²) < 4.78 is 5.74. The van der Waals surface area contributed by atoms with Crippen LogP contribution in [0.3, 0.4) is 0 Å². The van der Waals surface area contributed by atoms with E-state index in [0.717, 1.165) is 0 Å². The fourth-order valence-corrected chi connectivity index (χ4v) is 2.53. The molecule has 16 heavy (non-hydrogen) atoms. The quantitative estimate of drug-likeness (QED) is 0.765. The Balaban J connectivity index is 3.06. The molecule has 0 aliphatic carbocycles. The smallest absolute Gasteiger partial charge is 0.186 e. The normalized spacial score (nSPS) is 13.2. The Morgan fingerprint density at radius 1 is 1.31 bits per heavy atom. The van der Waals surface area contributed by atoms with E-state index in [1.54, 1.807) is 18.2 Å². The molecule has 1 aromatic carbocycles. The van der Waals surface area contributed by atoms with Crippen LogP contribution in [0.5, 0.6) is 0 Å². The highest BCUT2D eigenvalue weighted by Crippen LogP contribution is 2.32. The van der Waals surface area contributed by atoms with Gasteiger partial charge in [0, 0.05) is 5.56 Å². The molecule has 0 amide bonds. The van der Waals surface area contributed by atoms with Gasteiger partial charge in [-0.25, -0.2) is 0 Å². The van der Waals surface area contributed by atoms with Gasteiger partial charge in [-0.15, -0.1) is 0 Å². The number of halogens is 2. The first-order valence-electron chi connectivity index (χ1n) is 4.86. The van der Waals surface area contributed by atoms with E-state index >= 15 is 0 Å². The Kier molecular flexibility index (Phi) is 4.40. The molecule has 1 rings (SSSR count). The van der Waals surface area contributed by atoms with Crippen LogP contribution in [0.4, 0.5) is 0 Å². The molecular formula is C11H13Cl2NOSi. The van der Waals surface area contributed by atoms with Crippen molar-refractivity contribution in [3.8, 4) is 6.07 Å². The fourth-order valence-electron chi connectivity index (χ4n) is 1.24. The Morgan fingerprint density at radius 3 is 2.44 bits per heavy atom. The molecule has 0 heterocycles. The maximum Gasteiger partial charge on any atom is 0.186 e. The van der Waals surface area contributed by atoms with Crippen molar-refractivity contribution in [1.82, 2.24) is 0 Å². The van der Waals surface area contributed by atoms with Crippen molar-refractivity contribution in [2.75, 3.05) is 0 Å². The second-order valence-corrected chi connectivity index (χ2v) is 9.63. The molecule has 5 heteroatoms. The molecule has 1 atom stereocenters. The van der Waals surface area contributed by atoms with Gasteiger partial charge in [0.25, 0.3) is 0 Å². The van der Waals surface area contributed by atoms with Crippen LogP contribution in [-0.2, 0) is 4.43 Å². The Labute approximate surface area is 107 Å². The number of hydrogen-bond acceptors (Lipinski definition) is 2. The first-order valence-corrected chi connectivity index (χ1v) is 9.03. The molecule has 0 fully saturated rings. The summed E-state index contributed by atoms with van der Waals surface area (Å²) in [6.45, 7) is 6.07. The van der Waals surface area contributed by atoms with E-state index in [-0.39, 0.29) is 0 Å². The van der Waals surface area contributed by atoms with Crippen LogP contribution >= 0.6 is 23.2 Å². The van der Waals surface area contributed by atoms with Gasteiger partial charge in [-0.2, -0.15) is 5.26 Å². The van der Waals surface area contributed by atoms with Crippen molar-refractivity contribution in [3.05, 3.63) is 33.8 Å². The largest absolute Gasteiger partial charge is 0.399 e. The van der Waals surface area contributed by atoms with Crippen LogP contribution in [0.25, 0.3) is 0 Å². The van der Waals surface area contributed by atoms with E-state index in [1.807, 2.05) is 19.6 Å². The van der Waals surface area contributed by atoms with Crippen LogP contribution in [-0.4, -0.2) is 8.32 Å². The fraction of sp³-hybridized carbons (Fsp3) is 0.364. The molecule has 0 saturated heterocycles. The summed E-state index contributed by atoms with van der Waals surface area (Å²) in [6.07, 6.45) is -0.641. The lowest BCUT2D eigenvalue weighted by atomic mass is 10.1. The van der Waals surface area contributed by atoms with Crippen LogP contribution in [0.15, 0.2) is 18.2 Å². The van der Waals surface area contributed by atoms with Gasteiger partial charge in [-0.1, -0.05) is 35.3 Å². The van der Waals surface area contributed by atoms with Gasteiger partial charge < -0.3 is 4.43 Å². The Morgan fingerprint density at radius 2 is 1.94 bits per heavy atom. The van der Waals surface area contributed by atoms with Gasteiger partial charge in [0.2, 0.25) is 0 Å². The number of nitrogens with zero attached hydrogens (tertiary/aromatic N) is 1. The molecule has 0 radical (unpaired) electrons. The zero-order chi connectivity index (χ0) is 12.3. The predicted octanol–water partition coefficient (Wildman–Crippen LogP) is 4.41. The summed E-state index contributed by atoms with van der Waals surface area (Å²) in [5.41, 5.74) is 0.638. The molecule has 0 spiro atoms. The molecule has 0 unspecified atom stereocenters. The first-order chi connectivity index (χ1) is 7.35. The maximum absolute atomic E-state index is 9.10.